The molecule has 1 rings (SSSR count). The molecule has 0 radical (unpaired) electrons. The SMILES string of the molecule is CCCCCCOc1c(C)cc(Br)cc1CBr. The quantitative estimate of drug-likeness (QED) is 0.451. The Balaban J connectivity index is 2.57. The second kappa shape index (κ2) is 8.15. The van der Waals surface area contributed by atoms with Crippen molar-refractivity contribution >= 4 is 31.9 Å². The number of unbranched alkanes of at least 4 members (excludes halogenated alkanes) is 3. The standard InChI is InChI=1S/C14H20Br2O/c1-3-4-5-6-7-17-14-11(2)8-13(16)9-12(14)10-15/h8-9H,3-7,10H2,1-2H3. The summed E-state index contributed by atoms with van der Waals surface area (Å²) in [6, 6.07) is 4.22. The maximum Gasteiger partial charge on any atom is 0.126 e. The molecule has 0 unspecified atom stereocenters. The van der Waals surface area contributed by atoms with Crippen molar-refractivity contribution in [3.8, 4) is 5.75 Å². The molecule has 0 aliphatic heterocycles. The smallest absolute Gasteiger partial charge is 0.126 e. The number of rotatable bonds is 7. The Hall–Kier alpha value is -0.0200. The summed E-state index contributed by atoms with van der Waals surface area (Å²) in [5, 5.41) is 0.831. The second-order valence-electron chi connectivity index (χ2n) is 4.25. The Bertz CT molecular complexity index is 350. The fourth-order valence-corrected chi connectivity index (χ4v) is 2.84. The Morgan fingerprint density at radius 3 is 2.59 bits per heavy atom. The number of alkyl halides is 1. The molecule has 0 aliphatic rings. The molecule has 0 spiro atoms. The molecule has 0 saturated carbocycles. The van der Waals surface area contributed by atoms with Crippen molar-refractivity contribution in [2.45, 2.75) is 44.9 Å². The van der Waals surface area contributed by atoms with Crippen LogP contribution in [0.2, 0.25) is 0 Å². The molecule has 0 fully saturated rings. The molecule has 0 aliphatic carbocycles. The van der Waals surface area contributed by atoms with Gasteiger partial charge in [0.1, 0.15) is 5.75 Å². The van der Waals surface area contributed by atoms with Crippen molar-refractivity contribution in [2.75, 3.05) is 6.61 Å². The zero-order chi connectivity index (χ0) is 12.7. The van der Waals surface area contributed by atoms with Crippen LogP contribution >= 0.6 is 31.9 Å². The fraction of sp³-hybridized carbons (Fsp3) is 0.571. The summed E-state index contributed by atoms with van der Waals surface area (Å²) in [6.45, 7) is 5.14. The van der Waals surface area contributed by atoms with Crippen LogP contribution < -0.4 is 4.74 Å². The van der Waals surface area contributed by atoms with E-state index in [4.69, 9.17) is 4.74 Å². The van der Waals surface area contributed by atoms with Crippen molar-refractivity contribution in [2.24, 2.45) is 0 Å². The average molecular weight is 364 g/mol. The third-order valence-electron chi connectivity index (χ3n) is 2.70. The number of aryl methyl sites for hydroxylation is 1. The van der Waals surface area contributed by atoms with Crippen LogP contribution in [0.25, 0.3) is 0 Å². The lowest BCUT2D eigenvalue weighted by atomic mass is 10.1. The normalized spacial score (nSPS) is 10.6. The van der Waals surface area contributed by atoms with Gasteiger partial charge >= 0.3 is 0 Å². The van der Waals surface area contributed by atoms with E-state index in [9.17, 15) is 0 Å². The number of ether oxygens (including phenoxy) is 1. The largest absolute Gasteiger partial charge is 0.493 e. The molecule has 0 atom stereocenters. The third kappa shape index (κ3) is 5.01. The van der Waals surface area contributed by atoms with Gasteiger partial charge in [0.05, 0.1) is 6.61 Å². The van der Waals surface area contributed by atoms with Crippen LogP contribution in [0.3, 0.4) is 0 Å². The lowest BCUT2D eigenvalue weighted by Gasteiger charge is -2.13. The molecule has 0 amide bonds. The number of benzene rings is 1. The van der Waals surface area contributed by atoms with Gasteiger partial charge in [-0.25, -0.2) is 0 Å². The minimum atomic E-state index is 0.822. The van der Waals surface area contributed by atoms with Crippen molar-refractivity contribution in [1.82, 2.24) is 0 Å². The molecule has 0 N–H and O–H groups in total. The Labute approximate surface area is 121 Å². The van der Waals surface area contributed by atoms with E-state index < -0.39 is 0 Å². The van der Waals surface area contributed by atoms with Gasteiger partial charge in [-0.05, 0) is 31.0 Å². The Kier molecular flexibility index (Phi) is 7.21. The molecule has 17 heavy (non-hydrogen) atoms. The predicted molar refractivity (Wildman–Crippen MR) is 81.1 cm³/mol. The van der Waals surface area contributed by atoms with E-state index in [2.05, 4.69) is 57.8 Å². The van der Waals surface area contributed by atoms with Gasteiger partial charge in [-0.15, -0.1) is 0 Å². The first-order valence-electron chi connectivity index (χ1n) is 6.16. The first kappa shape index (κ1) is 15.0. The Morgan fingerprint density at radius 2 is 1.94 bits per heavy atom. The molecule has 0 bridgehead atoms. The zero-order valence-corrected chi connectivity index (χ0v) is 13.7. The van der Waals surface area contributed by atoms with Crippen molar-refractivity contribution in [1.29, 1.82) is 0 Å². The lowest BCUT2D eigenvalue weighted by molar-refractivity contribution is 0.301. The van der Waals surface area contributed by atoms with Crippen LogP contribution in [0, 0.1) is 6.92 Å². The van der Waals surface area contributed by atoms with Crippen LogP contribution in [-0.4, -0.2) is 6.61 Å². The first-order valence-corrected chi connectivity index (χ1v) is 8.08. The molecule has 1 nitrogen and oxygen atoms in total. The monoisotopic (exact) mass is 362 g/mol. The van der Waals surface area contributed by atoms with Gasteiger partial charge in [0.15, 0.2) is 0 Å². The van der Waals surface area contributed by atoms with E-state index in [1.54, 1.807) is 0 Å². The van der Waals surface area contributed by atoms with E-state index in [0.29, 0.717) is 0 Å². The lowest BCUT2D eigenvalue weighted by Crippen LogP contribution is -2.01. The van der Waals surface area contributed by atoms with E-state index in [1.807, 2.05) is 0 Å². The molecule has 0 heterocycles. The zero-order valence-electron chi connectivity index (χ0n) is 10.6. The molecule has 1 aromatic rings. The van der Waals surface area contributed by atoms with Crippen LogP contribution in [0.5, 0.6) is 5.75 Å². The predicted octanol–water partition coefficient (Wildman–Crippen LogP) is 5.61. The van der Waals surface area contributed by atoms with Crippen molar-refractivity contribution in [3.63, 3.8) is 0 Å². The highest BCUT2D eigenvalue weighted by Gasteiger charge is 2.07. The minimum Gasteiger partial charge on any atom is -0.493 e. The van der Waals surface area contributed by atoms with Gasteiger partial charge in [0.2, 0.25) is 0 Å². The Morgan fingerprint density at radius 1 is 1.18 bits per heavy atom. The molecule has 96 valence electrons. The summed E-state index contributed by atoms with van der Waals surface area (Å²) in [6.07, 6.45) is 4.97. The summed E-state index contributed by atoms with van der Waals surface area (Å²) >= 11 is 7.02. The highest BCUT2D eigenvalue weighted by Crippen LogP contribution is 2.29. The number of halogens is 2. The summed E-state index contributed by atoms with van der Waals surface area (Å²) in [4.78, 5) is 0. The van der Waals surface area contributed by atoms with E-state index in [-0.39, 0.29) is 0 Å². The molecular weight excluding hydrogens is 344 g/mol. The average Bonchev–Trinajstić information content (AvgIpc) is 2.30. The molecule has 1 aromatic carbocycles. The summed E-state index contributed by atoms with van der Waals surface area (Å²) in [5.74, 6) is 1.04. The molecule has 0 aromatic heterocycles. The molecular formula is C14H20Br2O. The highest BCUT2D eigenvalue weighted by molar-refractivity contribution is 9.10. The molecule has 3 heteroatoms. The van der Waals surface area contributed by atoms with E-state index in [0.717, 1.165) is 28.6 Å². The van der Waals surface area contributed by atoms with Crippen LogP contribution in [0.4, 0.5) is 0 Å². The maximum atomic E-state index is 5.91. The summed E-state index contributed by atoms with van der Waals surface area (Å²) < 4.78 is 7.02. The minimum absolute atomic E-state index is 0.822. The number of hydrogen-bond donors (Lipinski definition) is 0. The topological polar surface area (TPSA) is 9.23 Å². The third-order valence-corrected chi connectivity index (χ3v) is 3.77. The second-order valence-corrected chi connectivity index (χ2v) is 5.73. The van der Waals surface area contributed by atoms with Gasteiger partial charge in [-0.1, -0.05) is 58.0 Å². The van der Waals surface area contributed by atoms with E-state index in [1.165, 1.54) is 30.4 Å². The van der Waals surface area contributed by atoms with Crippen LogP contribution in [-0.2, 0) is 5.33 Å². The highest BCUT2D eigenvalue weighted by atomic mass is 79.9. The van der Waals surface area contributed by atoms with Gasteiger partial charge in [-0.3, -0.25) is 0 Å². The number of hydrogen-bond acceptors (Lipinski definition) is 1. The van der Waals surface area contributed by atoms with Gasteiger partial charge in [0.25, 0.3) is 0 Å². The van der Waals surface area contributed by atoms with Crippen LogP contribution in [0.1, 0.15) is 43.7 Å². The van der Waals surface area contributed by atoms with E-state index >= 15 is 0 Å². The molecule has 0 saturated heterocycles. The maximum absolute atomic E-state index is 5.91. The fourth-order valence-electron chi connectivity index (χ4n) is 1.81. The summed E-state index contributed by atoms with van der Waals surface area (Å²) in [5.41, 5.74) is 2.41. The van der Waals surface area contributed by atoms with Gasteiger partial charge in [-0.2, -0.15) is 0 Å². The van der Waals surface area contributed by atoms with Crippen molar-refractivity contribution < 1.29 is 4.74 Å². The summed E-state index contributed by atoms with van der Waals surface area (Å²) in [7, 11) is 0. The van der Waals surface area contributed by atoms with Crippen molar-refractivity contribution in [3.05, 3.63) is 27.7 Å². The van der Waals surface area contributed by atoms with Gasteiger partial charge in [0, 0.05) is 15.4 Å². The first-order chi connectivity index (χ1) is 8.19. The van der Waals surface area contributed by atoms with Crippen LogP contribution in [0.15, 0.2) is 16.6 Å². The van der Waals surface area contributed by atoms with Gasteiger partial charge < -0.3 is 4.74 Å².